The highest BCUT2D eigenvalue weighted by atomic mass is 16.6. The molecule has 7 nitrogen and oxygen atoms in total. The Bertz CT molecular complexity index is 482. The van der Waals surface area contributed by atoms with Crippen molar-refractivity contribution in [2.45, 2.75) is 26.9 Å². The molecular formula is C11H14O7. The lowest BCUT2D eigenvalue weighted by Crippen LogP contribution is -2.18. The van der Waals surface area contributed by atoms with Crippen LogP contribution in [-0.4, -0.2) is 19.0 Å². The van der Waals surface area contributed by atoms with Gasteiger partial charge in [-0.25, -0.2) is 4.79 Å². The van der Waals surface area contributed by atoms with E-state index in [4.69, 9.17) is 4.74 Å². The molecule has 0 fully saturated rings. The van der Waals surface area contributed by atoms with Crippen LogP contribution in [0.3, 0.4) is 0 Å². The number of aryl methyl sites for hydroxylation is 1. The lowest BCUT2D eigenvalue weighted by Gasteiger charge is -2.09. The number of hydrogen-bond donors (Lipinski definition) is 0. The monoisotopic (exact) mass is 258 g/mol. The molecule has 0 aliphatic heterocycles. The molecule has 18 heavy (non-hydrogen) atoms. The highest BCUT2D eigenvalue weighted by Gasteiger charge is 2.20. The summed E-state index contributed by atoms with van der Waals surface area (Å²) in [6.07, 6.45) is -0.0658. The van der Waals surface area contributed by atoms with Crippen LogP contribution >= 0.6 is 0 Å². The van der Waals surface area contributed by atoms with Crippen LogP contribution in [0.25, 0.3) is 0 Å². The van der Waals surface area contributed by atoms with Crippen molar-refractivity contribution in [2.24, 2.45) is 5.92 Å². The molecule has 1 unspecified atom stereocenters. The van der Waals surface area contributed by atoms with Crippen molar-refractivity contribution in [2.75, 3.05) is 7.11 Å². The van der Waals surface area contributed by atoms with Crippen molar-refractivity contribution in [3.63, 3.8) is 0 Å². The van der Waals surface area contributed by atoms with E-state index in [0.29, 0.717) is 0 Å². The second-order valence-corrected chi connectivity index (χ2v) is 3.72. The fourth-order valence-electron chi connectivity index (χ4n) is 1.20. The molecule has 0 spiro atoms. The largest absolute Gasteiger partial charge is 0.519 e. The number of methoxy groups -OCH3 is 1. The highest BCUT2D eigenvalue weighted by Crippen LogP contribution is 2.10. The molecule has 0 bridgehead atoms. The van der Waals surface area contributed by atoms with E-state index in [1.54, 1.807) is 0 Å². The van der Waals surface area contributed by atoms with Gasteiger partial charge < -0.3 is 18.3 Å². The third-order valence-electron chi connectivity index (χ3n) is 2.28. The maximum atomic E-state index is 11.5. The summed E-state index contributed by atoms with van der Waals surface area (Å²) in [4.78, 5) is 33.2. The van der Waals surface area contributed by atoms with E-state index in [1.165, 1.54) is 21.0 Å². The third-order valence-corrected chi connectivity index (χ3v) is 2.28. The fourth-order valence-corrected chi connectivity index (χ4v) is 1.20. The van der Waals surface area contributed by atoms with Crippen LogP contribution in [0.15, 0.2) is 13.6 Å². The van der Waals surface area contributed by atoms with E-state index >= 15 is 0 Å². The highest BCUT2D eigenvalue weighted by molar-refractivity contribution is 5.79. The maximum Gasteiger partial charge on any atom is 0.519 e. The zero-order valence-electron chi connectivity index (χ0n) is 10.3. The average molecular weight is 258 g/mol. The van der Waals surface area contributed by atoms with Gasteiger partial charge in [-0.1, -0.05) is 6.92 Å². The van der Waals surface area contributed by atoms with Crippen LogP contribution in [0.1, 0.15) is 24.9 Å². The number of carbonyl (C=O) groups excluding carboxylic acids is 2. The van der Waals surface area contributed by atoms with Gasteiger partial charge in [-0.15, -0.1) is 0 Å². The second kappa shape index (κ2) is 6.04. The first-order valence-electron chi connectivity index (χ1n) is 5.27. The first-order valence-corrected chi connectivity index (χ1v) is 5.27. The van der Waals surface area contributed by atoms with Gasteiger partial charge in [-0.3, -0.25) is 9.59 Å². The van der Waals surface area contributed by atoms with Crippen LogP contribution in [0, 0.1) is 12.8 Å². The van der Waals surface area contributed by atoms with E-state index < -0.39 is 23.7 Å². The summed E-state index contributed by atoms with van der Waals surface area (Å²) in [5.74, 6) is -2.14. The molecule has 0 N–H and O–H groups in total. The first-order chi connectivity index (χ1) is 8.43. The predicted octanol–water partition coefficient (Wildman–Crippen LogP) is 0.784. The lowest BCUT2D eigenvalue weighted by molar-refractivity contribution is -0.154. The summed E-state index contributed by atoms with van der Waals surface area (Å²) >= 11 is 0. The zero-order chi connectivity index (χ0) is 13.7. The number of carbonyl (C=O) groups is 2. The topological polar surface area (TPSA) is 96.0 Å². The normalized spacial score (nSPS) is 11.9. The summed E-state index contributed by atoms with van der Waals surface area (Å²) in [7, 11) is 1.24. The molecule has 0 amide bonds. The van der Waals surface area contributed by atoms with Gasteiger partial charge in [0.2, 0.25) is 0 Å². The molecular weight excluding hydrogens is 244 g/mol. The lowest BCUT2D eigenvalue weighted by atomic mass is 10.1. The summed E-state index contributed by atoms with van der Waals surface area (Å²) in [5, 5.41) is 0. The number of esters is 2. The molecule has 0 aromatic carbocycles. The molecule has 0 saturated carbocycles. The molecule has 1 aromatic heterocycles. The minimum absolute atomic E-state index is 0.0658. The quantitative estimate of drug-likeness (QED) is 0.720. The summed E-state index contributed by atoms with van der Waals surface area (Å²) in [6.45, 7) is 2.85. The van der Waals surface area contributed by atoms with Crippen molar-refractivity contribution in [1.29, 1.82) is 0 Å². The maximum absolute atomic E-state index is 11.5. The Kier molecular flexibility index (Phi) is 4.70. The van der Waals surface area contributed by atoms with E-state index in [2.05, 4.69) is 13.6 Å². The predicted molar refractivity (Wildman–Crippen MR) is 57.6 cm³/mol. The van der Waals surface area contributed by atoms with Crippen molar-refractivity contribution >= 4 is 11.9 Å². The van der Waals surface area contributed by atoms with E-state index in [-0.39, 0.29) is 24.5 Å². The van der Waals surface area contributed by atoms with Crippen LogP contribution in [0.5, 0.6) is 0 Å². The minimum Gasteiger partial charge on any atom is -0.469 e. The molecule has 1 atom stereocenters. The fraction of sp³-hybridized carbons (Fsp3) is 0.545. The van der Waals surface area contributed by atoms with Crippen molar-refractivity contribution in [3.8, 4) is 0 Å². The second-order valence-electron chi connectivity index (χ2n) is 3.72. The standard InChI is InChI=1S/C11H14O7/c1-6(4-9(12)15-3)10(13)16-5-8-7(2)17-11(14)18-8/h6H,4-5H2,1-3H3. The molecule has 1 aromatic rings. The Morgan fingerprint density at radius 3 is 2.50 bits per heavy atom. The Labute approximate surface area is 103 Å². The molecule has 0 aliphatic rings. The van der Waals surface area contributed by atoms with Crippen LogP contribution in [0.2, 0.25) is 0 Å². The SMILES string of the molecule is COC(=O)CC(C)C(=O)OCc1oc(=O)oc1C. The minimum atomic E-state index is -0.846. The molecule has 0 saturated heterocycles. The van der Waals surface area contributed by atoms with Crippen molar-refractivity contribution < 1.29 is 27.9 Å². The Hall–Kier alpha value is -2.05. The average Bonchev–Trinajstić information content (AvgIpc) is 2.64. The zero-order valence-corrected chi connectivity index (χ0v) is 10.3. The van der Waals surface area contributed by atoms with Gasteiger partial charge in [0.1, 0.15) is 0 Å². The van der Waals surface area contributed by atoms with Gasteiger partial charge in [-0.2, -0.15) is 0 Å². The smallest absolute Gasteiger partial charge is 0.469 e. The van der Waals surface area contributed by atoms with Crippen LogP contribution in [-0.2, 0) is 25.7 Å². The summed E-state index contributed by atoms with van der Waals surface area (Å²) in [5.41, 5.74) is 0. The summed E-state index contributed by atoms with van der Waals surface area (Å²) < 4.78 is 18.6. The molecule has 0 radical (unpaired) electrons. The molecule has 0 aliphatic carbocycles. The van der Waals surface area contributed by atoms with Gasteiger partial charge >= 0.3 is 17.8 Å². The molecule has 1 rings (SSSR count). The van der Waals surface area contributed by atoms with Gasteiger partial charge in [0, 0.05) is 0 Å². The molecule has 7 heteroatoms. The van der Waals surface area contributed by atoms with E-state index in [9.17, 15) is 14.4 Å². The van der Waals surface area contributed by atoms with Crippen LogP contribution < -0.4 is 5.82 Å². The number of hydrogen-bond acceptors (Lipinski definition) is 7. The van der Waals surface area contributed by atoms with Crippen molar-refractivity contribution in [1.82, 2.24) is 0 Å². The Balaban J connectivity index is 2.48. The first kappa shape index (κ1) is 14.0. The van der Waals surface area contributed by atoms with Gasteiger partial charge in [0.25, 0.3) is 0 Å². The Morgan fingerprint density at radius 2 is 2.00 bits per heavy atom. The third kappa shape index (κ3) is 3.76. The van der Waals surface area contributed by atoms with Gasteiger partial charge in [0.05, 0.1) is 19.4 Å². The Morgan fingerprint density at radius 1 is 1.33 bits per heavy atom. The van der Waals surface area contributed by atoms with Gasteiger partial charge in [-0.05, 0) is 6.92 Å². The molecule has 100 valence electrons. The van der Waals surface area contributed by atoms with E-state index in [1.807, 2.05) is 0 Å². The molecule has 1 heterocycles. The summed E-state index contributed by atoms with van der Waals surface area (Å²) in [6, 6.07) is 0. The van der Waals surface area contributed by atoms with E-state index in [0.717, 1.165) is 0 Å². The van der Waals surface area contributed by atoms with Crippen LogP contribution in [0.4, 0.5) is 0 Å². The number of rotatable bonds is 5. The van der Waals surface area contributed by atoms with Gasteiger partial charge in [0.15, 0.2) is 18.1 Å². The van der Waals surface area contributed by atoms with Crippen molar-refractivity contribution in [3.05, 3.63) is 22.1 Å². The number of ether oxygens (including phenoxy) is 2.